The number of phenolic OH excluding ortho intramolecular Hbond substituents is 1. The monoisotopic (exact) mass is 393 g/mol. The highest BCUT2D eigenvalue weighted by Crippen LogP contribution is 2.45. The summed E-state index contributed by atoms with van der Waals surface area (Å²) in [6.07, 6.45) is 4.13. The van der Waals surface area contributed by atoms with Crippen molar-refractivity contribution in [3.63, 3.8) is 0 Å². The van der Waals surface area contributed by atoms with Gasteiger partial charge in [0.2, 0.25) is 0 Å². The summed E-state index contributed by atoms with van der Waals surface area (Å²) in [5.74, 6) is 0.405. The Labute approximate surface area is 167 Å². The van der Waals surface area contributed by atoms with Crippen molar-refractivity contribution in [3.05, 3.63) is 35.9 Å². The maximum atomic E-state index is 11.1. The van der Waals surface area contributed by atoms with E-state index in [1.54, 1.807) is 24.4 Å². The lowest BCUT2D eigenvalue weighted by molar-refractivity contribution is 0.382. The average Bonchev–Trinajstić information content (AvgIpc) is 2.97. The van der Waals surface area contributed by atoms with E-state index in [-0.39, 0.29) is 14.9 Å². The van der Waals surface area contributed by atoms with Crippen LogP contribution in [0.15, 0.2) is 29.7 Å². The highest BCUT2D eigenvalue weighted by atomic mass is 32.2. The number of hydrogen-bond acceptors (Lipinski definition) is 5. The minimum Gasteiger partial charge on any atom is -0.507 e. The second-order valence-corrected chi connectivity index (χ2v) is 12.1. The minimum absolute atomic E-state index is 0.141. The van der Waals surface area contributed by atoms with Gasteiger partial charge in [0.15, 0.2) is 0 Å². The molecule has 0 aliphatic heterocycles. The van der Waals surface area contributed by atoms with E-state index >= 15 is 0 Å². The van der Waals surface area contributed by atoms with Crippen molar-refractivity contribution < 1.29 is 5.11 Å². The summed E-state index contributed by atoms with van der Waals surface area (Å²) in [5, 5.41) is 15.3. The maximum absolute atomic E-state index is 11.1. The average molecular weight is 394 g/mol. The van der Waals surface area contributed by atoms with Gasteiger partial charge in [0, 0.05) is 22.6 Å². The summed E-state index contributed by atoms with van der Waals surface area (Å²) in [6.45, 7) is 15.7. The number of hydrogen-bond donors (Lipinski definition) is 2. The molecule has 0 bridgehead atoms. The molecule has 0 radical (unpaired) electrons. The lowest BCUT2D eigenvalue weighted by Gasteiger charge is -2.31. The number of nitrogens with zero attached hydrogens (tertiary/aromatic N) is 3. The van der Waals surface area contributed by atoms with Gasteiger partial charge in [-0.05, 0) is 43.2 Å². The number of aromatic hydroxyl groups is 1. The summed E-state index contributed by atoms with van der Waals surface area (Å²) in [7, 11) is 0. The Morgan fingerprint density at radius 2 is 1.69 bits per heavy atom. The first-order valence-electron chi connectivity index (χ1n) is 8.91. The molecular formula is C20H31N3OS2. The molecule has 2 rings (SSSR count). The van der Waals surface area contributed by atoms with Crippen LogP contribution in [-0.2, 0) is 17.4 Å². The second kappa shape index (κ2) is 7.47. The summed E-state index contributed by atoms with van der Waals surface area (Å²) >= 11 is 6.38. The molecule has 1 heterocycles. The van der Waals surface area contributed by atoms with E-state index < -0.39 is 0 Å². The largest absolute Gasteiger partial charge is 0.507 e. The number of benzene rings is 1. The summed E-state index contributed by atoms with van der Waals surface area (Å²) in [4.78, 5) is 5.14. The highest BCUT2D eigenvalue weighted by Gasteiger charge is 2.30. The van der Waals surface area contributed by atoms with Crippen molar-refractivity contribution in [3.8, 4) is 5.75 Å². The Bertz CT molecular complexity index is 742. The molecule has 26 heavy (non-hydrogen) atoms. The smallest absolute Gasteiger partial charge is 0.137 e. The van der Waals surface area contributed by atoms with Crippen molar-refractivity contribution in [2.24, 2.45) is 0 Å². The molecular weight excluding hydrogens is 362 g/mol. The quantitative estimate of drug-likeness (QED) is 0.391. The van der Waals surface area contributed by atoms with Crippen LogP contribution in [0.4, 0.5) is 0 Å². The fourth-order valence-electron chi connectivity index (χ4n) is 2.92. The van der Waals surface area contributed by atoms with Gasteiger partial charge < -0.3 is 5.11 Å². The first-order chi connectivity index (χ1) is 11.8. The molecule has 0 saturated carbocycles. The first-order valence-corrected chi connectivity index (χ1v) is 10.2. The Balaban J connectivity index is 2.45. The van der Waals surface area contributed by atoms with Crippen molar-refractivity contribution in [1.29, 1.82) is 0 Å². The minimum atomic E-state index is -0.201. The summed E-state index contributed by atoms with van der Waals surface area (Å²) in [5.41, 5.74) is 1.61. The number of thioether (sulfide) groups is 1. The molecule has 1 aromatic carbocycles. The second-order valence-electron chi connectivity index (χ2n) is 8.96. The third-order valence-corrected chi connectivity index (χ3v) is 5.67. The zero-order valence-corrected chi connectivity index (χ0v) is 18.6. The fourth-order valence-corrected chi connectivity index (χ4v) is 4.17. The van der Waals surface area contributed by atoms with Crippen LogP contribution in [0.25, 0.3) is 0 Å². The molecule has 0 amide bonds. The molecule has 0 saturated heterocycles. The third-order valence-electron chi connectivity index (χ3n) is 4.42. The summed E-state index contributed by atoms with van der Waals surface area (Å²) in [6, 6.07) is 4.23. The van der Waals surface area contributed by atoms with Crippen molar-refractivity contribution >= 4 is 24.4 Å². The van der Waals surface area contributed by atoms with Gasteiger partial charge >= 0.3 is 0 Å². The molecule has 0 fully saturated rings. The van der Waals surface area contributed by atoms with E-state index in [1.165, 1.54) is 0 Å². The zero-order chi connectivity index (χ0) is 19.8. The first kappa shape index (κ1) is 21.2. The molecule has 0 spiro atoms. The molecule has 1 aromatic heterocycles. The molecule has 0 atom stereocenters. The Morgan fingerprint density at radius 3 is 2.19 bits per heavy atom. The van der Waals surface area contributed by atoms with Crippen LogP contribution in [0.5, 0.6) is 5.75 Å². The van der Waals surface area contributed by atoms with E-state index in [0.29, 0.717) is 5.75 Å². The fraction of sp³-hybridized carbons (Fsp3) is 0.600. The molecule has 0 unspecified atom stereocenters. The standard InChI is InChI=1S/C20H31N3OS2/c1-18(2,3)15-10-14(26-20(6,7)25)11-16(17(15)24)19(4,5)8-9-23-13-21-12-22-23/h10-13,24-25H,8-9H2,1-7H3. The Hall–Kier alpha value is -1.14. The van der Waals surface area contributed by atoms with Gasteiger partial charge in [-0.15, -0.1) is 11.8 Å². The van der Waals surface area contributed by atoms with E-state index in [4.69, 9.17) is 0 Å². The molecule has 4 nitrogen and oxygen atoms in total. The third kappa shape index (κ3) is 5.43. The lowest BCUT2D eigenvalue weighted by Crippen LogP contribution is -2.22. The predicted molar refractivity (Wildman–Crippen MR) is 113 cm³/mol. The van der Waals surface area contributed by atoms with Crippen LogP contribution in [0.1, 0.15) is 66.0 Å². The van der Waals surface area contributed by atoms with Crippen LogP contribution in [0.2, 0.25) is 0 Å². The maximum Gasteiger partial charge on any atom is 0.137 e. The van der Waals surface area contributed by atoms with E-state index in [0.717, 1.165) is 29.0 Å². The Kier molecular flexibility index (Phi) is 6.08. The van der Waals surface area contributed by atoms with Gasteiger partial charge in [-0.1, -0.05) is 34.6 Å². The molecule has 144 valence electrons. The van der Waals surface area contributed by atoms with Gasteiger partial charge in [-0.25, -0.2) is 4.98 Å². The van der Waals surface area contributed by atoms with E-state index in [2.05, 4.69) is 83.3 Å². The number of phenols is 1. The normalized spacial score (nSPS) is 13.2. The number of aryl methyl sites for hydroxylation is 1. The van der Waals surface area contributed by atoms with Crippen LogP contribution < -0.4 is 0 Å². The van der Waals surface area contributed by atoms with Gasteiger partial charge in [-0.3, -0.25) is 4.68 Å². The molecule has 0 aliphatic rings. The summed E-state index contributed by atoms with van der Waals surface area (Å²) < 4.78 is 1.65. The lowest BCUT2D eigenvalue weighted by atomic mass is 9.77. The van der Waals surface area contributed by atoms with Gasteiger partial charge in [0.1, 0.15) is 18.4 Å². The van der Waals surface area contributed by atoms with Crippen molar-refractivity contribution in [2.45, 2.75) is 81.2 Å². The highest BCUT2D eigenvalue weighted by molar-refractivity contribution is 8.11. The van der Waals surface area contributed by atoms with Gasteiger partial charge in [0.25, 0.3) is 0 Å². The Morgan fingerprint density at radius 1 is 1.08 bits per heavy atom. The van der Waals surface area contributed by atoms with Gasteiger partial charge in [-0.2, -0.15) is 17.7 Å². The zero-order valence-electron chi connectivity index (χ0n) is 16.9. The van der Waals surface area contributed by atoms with Crippen molar-refractivity contribution in [2.75, 3.05) is 0 Å². The molecule has 1 N–H and O–H groups in total. The van der Waals surface area contributed by atoms with Crippen LogP contribution in [-0.4, -0.2) is 24.0 Å². The number of rotatable bonds is 6. The molecule has 0 aliphatic carbocycles. The molecule has 2 aromatic rings. The van der Waals surface area contributed by atoms with E-state index in [9.17, 15) is 5.11 Å². The number of thiol groups is 1. The SMILES string of the molecule is CC(C)(S)Sc1cc(C(C)(C)C)c(O)c(C(C)(C)CCn2cncn2)c1. The van der Waals surface area contributed by atoms with Crippen molar-refractivity contribution in [1.82, 2.24) is 14.8 Å². The number of aromatic nitrogens is 3. The van der Waals surface area contributed by atoms with Crippen LogP contribution in [0.3, 0.4) is 0 Å². The van der Waals surface area contributed by atoms with Gasteiger partial charge in [0.05, 0.1) is 4.08 Å². The molecule has 6 heteroatoms. The van der Waals surface area contributed by atoms with E-state index in [1.807, 2.05) is 4.68 Å². The van der Waals surface area contributed by atoms with Crippen LogP contribution >= 0.6 is 24.4 Å². The van der Waals surface area contributed by atoms with Crippen LogP contribution in [0, 0.1) is 0 Å². The topological polar surface area (TPSA) is 50.9 Å². The predicted octanol–water partition coefficient (Wildman–Crippen LogP) is 5.41.